The zero-order valence-electron chi connectivity index (χ0n) is 15.6. The van der Waals surface area contributed by atoms with E-state index in [4.69, 9.17) is 0 Å². The van der Waals surface area contributed by atoms with Crippen molar-refractivity contribution >= 4 is 35.2 Å². The van der Waals surface area contributed by atoms with Gasteiger partial charge in [-0.1, -0.05) is 0 Å². The lowest BCUT2D eigenvalue weighted by Gasteiger charge is -2.17. The van der Waals surface area contributed by atoms with Gasteiger partial charge in [0.15, 0.2) is 0 Å². The van der Waals surface area contributed by atoms with Crippen molar-refractivity contribution in [2.45, 2.75) is 19.9 Å². The summed E-state index contributed by atoms with van der Waals surface area (Å²) in [7, 11) is 1.29. The van der Waals surface area contributed by atoms with Crippen molar-refractivity contribution in [1.82, 2.24) is 4.90 Å². The van der Waals surface area contributed by atoms with Gasteiger partial charge in [-0.3, -0.25) is 14.5 Å². The Labute approximate surface area is 161 Å². The van der Waals surface area contributed by atoms with Crippen LogP contribution in [-0.4, -0.2) is 41.9 Å². The minimum atomic E-state index is -0.525. The van der Waals surface area contributed by atoms with Gasteiger partial charge in [-0.15, -0.1) is 0 Å². The number of imide groups is 1. The third kappa shape index (κ3) is 3.57. The van der Waals surface area contributed by atoms with Crippen molar-refractivity contribution in [3.63, 3.8) is 0 Å². The zero-order chi connectivity index (χ0) is 20.4. The quantitative estimate of drug-likeness (QED) is 0.625. The summed E-state index contributed by atoms with van der Waals surface area (Å²) < 4.78 is 4.62. The number of anilines is 2. The smallest absolute Gasteiger partial charge is 0.337 e. The number of urea groups is 1. The number of methoxy groups -OCH3 is 1. The first kappa shape index (κ1) is 19.1. The Bertz CT molecular complexity index is 966. The van der Waals surface area contributed by atoms with Crippen molar-refractivity contribution in [2.24, 2.45) is 0 Å². The molecule has 2 aromatic carbocycles. The van der Waals surface area contributed by atoms with Crippen molar-refractivity contribution in [1.29, 1.82) is 0 Å². The van der Waals surface area contributed by atoms with E-state index in [9.17, 15) is 19.2 Å². The molecule has 0 atom stereocenters. The van der Waals surface area contributed by atoms with Gasteiger partial charge in [0.1, 0.15) is 0 Å². The molecule has 3 rings (SSSR count). The molecule has 1 aliphatic heterocycles. The molecule has 8 heteroatoms. The van der Waals surface area contributed by atoms with E-state index in [0.29, 0.717) is 22.5 Å². The lowest BCUT2D eigenvalue weighted by atomic mass is 10.1. The summed E-state index contributed by atoms with van der Waals surface area (Å²) in [5.74, 6) is -1.18. The van der Waals surface area contributed by atoms with Crippen LogP contribution in [-0.2, 0) is 4.74 Å². The molecule has 0 fully saturated rings. The van der Waals surface area contributed by atoms with Crippen LogP contribution >= 0.6 is 0 Å². The summed E-state index contributed by atoms with van der Waals surface area (Å²) in [4.78, 5) is 49.5. The van der Waals surface area contributed by atoms with Gasteiger partial charge in [0.2, 0.25) is 0 Å². The van der Waals surface area contributed by atoms with Crippen LogP contribution < -0.4 is 10.6 Å². The average molecular weight is 381 g/mol. The second-order valence-corrected chi connectivity index (χ2v) is 6.48. The maximum atomic E-state index is 12.4. The van der Waals surface area contributed by atoms with Gasteiger partial charge in [-0.25, -0.2) is 9.59 Å². The summed E-state index contributed by atoms with van der Waals surface area (Å²) in [6.45, 7) is 3.53. The van der Waals surface area contributed by atoms with E-state index < -0.39 is 12.0 Å². The van der Waals surface area contributed by atoms with E-state index in [2.05, 4.69) is 15.4 Å². The second-order valence-electron chi connectivity index (χ2n) is 6.48. The molecule has 0 bridgehead atoms. The van der Waals surface area contributed by atoms with Crippen LogP contribution in [0.3, 0.4) is 0 Å². The number of amides is 4. The van der Waals surface area contributed by atoms with Crippen molar-refractivity contribution < 1.29 is 23.9 Å². The van der Waals surface area contributed by atoms with E-state index in [1.807, 2.05) is 0 Å². The first-order valence-electron chi connectivity index (χ1n) is 8.60. The van der Waals surface area contributed by atoms with Crippen LogP contribution in [0, 0.1) is 0 Å². The van der Waals surface area contributed by atoms with E-state index in [1.165, 1.54) is 36.3 Å². The van der Waals surface area contributed by atoms with Gasteiger partial charge < -0.3 is 15.4 Å². The maximum absolute atomic E-state index is 12.4. The molecular formula is C20H19N3O5. The standard InChI is InChI=1S/C20H19N3O5/c1-11(2)23-17(24)15-9-8-14(10-16(15)18(23)25)22-20(27)21-13-6-4-12(5-7-13)19(26)28-3/h4-11H,1-3H3,(H2,21,22,27). The van der Waals surface area contributed by atoms with Crippen molar-refractivity contribution in [3.8, 4) is 0 Å². The molecule has 2 N–H and O–H groups in total. The first-order valence-corrected chi connectivity index (χ1v) is 8.60. The molecule has 8 nitrogen and oxygen atoms in total. The SMILES string of the molecule is COC(=O)c1ccc(NC(=O)Nc2ccc3c(c2)C(=O)N(C(C)C)C3=O)cc1. The summed E-state index contributed by atoms with van der Waals surface area (Å²) in [6, 6.07) is 9.99. The summed E-state index contributed by atoms with van der Waals surface area (Å²) in [6.07, 6.45) is 0. The van der Waals surface area contributed by atoms with Crippen LogP contribution in [0.1, 0.15) is 44.9 Å². The number of esters is 1. The van der Waals surface area contributed by atoms with Gasteiger partial charge in [0.25, 0.3) is 11.8 Å². The van der Waals surface area contributed by atoms with E-state index >= 15 is 0 Å². The zero-order valence-corrected chi connectivity index (χ0v) is 15.6. The number of rotatable bonds is 4. The number of hydrogen-bond donors (Lipinski definition) is 2. The highest BCUT2D eigenvalue weighted by Crippen LogP contribution is 2.27. The molecule has 0 saturated carbocycles. The number of carbonyl (C=O) groups is 4. The lowest BCUT2D eigenvalue weighted by molar-refractivity contribution is 0.0592. The Morgan fingerprint density at radius 1 is 0.893 bits per heavy atom. The first-order chi connectivity index (χ1) is 13.3. The van der Waals surface area contributed by atoms with Crippen LogP contribution in [0.2, 0.25) is 0 Å². The Kier molecular flexibility index (Phi) is 5.12. The maximum Gasteiger partial charge on any atom is 0.337 e. The molecule has 1 aliphatic rings. The van der Waals surface area contributed by atoms with Gasteiger partial charge in [0, 0.05) is 17.4 Å². The molecule has 0 aromatic heterocycles. The van der Waals surface area contributed by atoms with Crippen LogP contribution in [0.5, 0.6) is 0 Å². The highest BCUT2D eigenvalue weighted by atomic mass is 16.5. The van der Waals surface area contributed by atoms with Crippen molar-refractivity contribution in [2.75, 3.05) is 17.7 Å². The summed E-state index contributed by atoms with van der Waals surface area (Å²) in [5, 5.41) is 5.25. The van der Waals surface area contributed by atoms with Gasteiger partial charge >= 0.3 is 12.0 Å². The number of ether oxygens (including phenoxy) is 1. The van der Waals surface area contributed by atoms with Crippen LogP contribution in [0.4, 0.5) is 16.2 Å². The Balaban J connectivity index is 1.70. The van der Waals surface area contributed by atoms with Crippen molar-refractivity contribution in [3.05, 3.63) is 59.2 Å². The number of benzene rings is 2. The second kappa shape index (κ2) is 7.51. The molecule has 0 radical (unpaired) electrons. The van der Waals surface area contributed by atoms with E-state index in [1.54, 1.807) is 32.0 Å². The molecule has 2 aromatic rings. The molecule has 28 heavy (non-hydrogen) atoms. The largest absolute Gasteiger partial charge is 0.465 e. The topological polar surface area (TPSA) is 105 Å². The predicted octanol–water partition coefficient (Wildman–Crippen LogP) is 3.12. The van der Waals surface area contributed by atoms with E-state index in [-0.39, 0.29) is 23.4 Å². The Hall–Kier alpha value is -3.68. The minimum absolute atomic E-state index is 0.250. The third-order valence-electron chi connectivity index (χ3n) is 4.26. The fourth-order valence-corrected chi connectivity index (χ4v) is 2.91. The summed E-state index contributed by atoms with van der Waals surface area (Å²) in [5.41, 5.74) is 1.81. The molecule has 144 valence electrons. The molecule has 0 spiro atoms. The minimum Gasteiger partial charge on any atom is -0.465 e. The molecule has 0 saturated heterocycles. The van der Waals surface area contributed by atoms with E-state index in [0.717, 1.165) is 0 Å². The molecular weight excluding hydrogens is 362 g/mol. The molecule has 4 amide bonds. The number of carbonyl (C=O) groups excluding carboxylic acids is 4. The number of nitrogens with zero attached hydrogens (tertiary/aromatic N) is 1. The monoisotopic (exact) mass is 381 g/mol. The molecule has 1 heterocycles. The van der Waals surface area contributed by atoms with Gasteiger partial charge in [0.05, 0.1) is 23.8 Å². The fraction of sp³-hybridized carbons (Fsp3) is 0.200. The van der Waals surface area contributed by atoms with Gasteiger partial charge in [-0.2, -0.15) is 0 Å². The van der Waals surface area contributed by atoms with Crippen LogP contribution in [0.15, 0.2) is 42.5 Å². The fourth-order valence-electron chi connectivity index (χ4n) is 2.91. The normalized spacial score (nSPS) is 12.8. The lowest BCUT2D eigenvalue weighted by Crippen LogP contribution is -2.35. The van der Waals surface area contributed by atoms with Gasteiger partial charge in [-0.05, 0) is 56.3 Å². The highest BCUT2D eigenvalue weighted by Gasteiger charge is 2.37. The molecule has 0 unspecified atom stereocenters. The number of fused-ring (bicyclic) bond motifs is 1. The Morgan fingerprint density at radius 3 is 2.07 bits per heavy atom. The Morgan fingerprint density at radius 2 is 1.46 bits per heavy atom. The molecule has 0 aliphatic carbocycles. The predicted molar refractivity (Wildman–Crippen MR) is 103 cm³/mol. The third-order valence-corrected chi connectivity index (χ3v) is 4.26. The summed E-state index contributed by atoms with van der Waals surface area (Å²) >= 11 is 0. The number of nitrogens with one attached hydrogen (secondary N) is 2. The average Bonchev–Trinajstić information content (AvgIpc) is 2.92. The highest BCUT2D eigenvalue weighted by molar-refractivity contribution is 6.22. The number of hydrogen-bond acceptors (Lipinski definition) is 5. The van der Waals surface area contributed by atoms with Crippen LogP contribution in [0.25, 0.3) is 0 Å².